The van der Waals surface area contributed by atoms with E-state index in [1.165, 1.54) is 19.3 Å². The van der Waals surface area contributed by atoms with Crippen LogP contribution in [0.3, 0.4) is 0 Å². The second kappa shape index (κ2) is 6.02. The van der Waals surface area contributed by atoms with Gasteiger partial charge in [0.1, 0.15) is 0 Å². The highest BCUT2D eigenvalue weighted by atomic mass is 16.5. The van der Waals surface area contributed by atoms with Gasteiger partial charge in [0.15, 0.2) is 0 Å². The molecule has 0 aromatic carbocycles. The van der Waals surface area contributed by atoms with Gasteiger partial charge in [-0.1, -0.05) is 26.2 Å². The third kappa shape index (κ3) is 2.86. The van der Waals surface area contributed by atoms with Gasteiger partial charge in [-0.15, -0.1) is 0 Å². The Bertz CT molecular complexity index is 288. The molecule has 2 rings (SSSR count). The Labute approximate surface area is 110 Å². The molecular formula is C14H26N2O2. The number of amides is 1. The monoisotopic (exact) mass is 254 g/mol. The molecule has 1 aliphatic heterocycles. The van der Waals surface area contributed by atoms with E-state index in [1.807, 2.05) is 0 Å². The summed E-state index contributed by atoms with van der Waals surface area (Å²) in [5, 5.41) is 3.24. The summed E-state index contributed by atoms with van der Waals surface area (Å²) >= 11 is 0. The van der Waals surface area contributed by atoms with Crippen LogP contribution in [0, 0.1) is 5.92 Å². The Morgan fingerprint density at radius 2 is 2.11 bits per heavy atom. The van der Waals surface area contributed by atoms with Crippen molar-refractivity contribution in [2.45, 2.75) is 63.5 Å². The lowest BCUT2D eigenvalue weighted by Crippen LogP contribution is -2.56. The molecule has 18 heavy (non-hydrogen) atoms. The number of hydrogen-bond donors (Lipinski definition) is 2. The minimum Gasteiger partial charge on any atom is -0.377 e. The third-order valence-corrected chi connectivity index (χ3v) is 4.54. The fourth-order valence-corrected chi connectivity index (χ4v) is 3.31. The van der Waals surface area contributed by atoms with Crippen LogP contribution >= 0.6 is 0 Å². The highest BCUT2D eigenvalue weighted by molar-refractivity contribution is 5.80. The average molecular weight is 254 g/mol. The predicted molar refractivity (Wildman–Crippen MR) is 71.2 cm³/mol. The second-order valence-electron chi connectivity index (χ2n) is 5.75. The maximum Gasteiger partial charge on any atom is 0.226 e. The zero-order chi connectivity index (χ0) is 13.0. The van der Waals surface area contributed by atoms with Gasteiger partial charge in [0, 0.05) is 13.2 Å². The van der Waals surface area contributed by atoms with E-state index in [1.54, 1.807) is 0 Å². The van der Waals surface area contributed by atoms with Crippen LogP contribution < -0.4 is 11.1 Å². The molecule has 1 aliphatic carbocycles. The van der Waals surface area contributed by atoms with E-state index in [9.17, 15) is 4.79 Å². The molecule has 4 nitrogen and oxygen atoms in total. The molecule has 2 aliphatic rings. The van der Waals surface area contributed by atoms with Gasteiger partial charge in [-0.05, 0) is 25.7 Å². The van der Waals surface area contributed by atoms with E-state index in [4.69, 9.17) is 10.5 Å². The Morgan fingerprint density at radius 3 is 2.72 bits per heavy atom. The first-order chi connectivity index (χ1) is 8.71. The van der Waals surface area contributed by atoms with Crippen molar-refractivity contribution in [1.29, 1.82) is 0 Å². The third-order valence-electron chi connectivity index (χ3n) is 4.54. The van der Waals surface area contributed by atoms with Crippen molar-refractivity contribution < 1.29 is 9.53 Å². The molecule has 104 valence electrons. The van der Waals surface area contributed by atoms with E-state index in [0.717, 1.165) is 25.7 Å². The summed E-state index contributed by atoms with van der Waals surface area (Å²) in [6, 6.07) is 0. The normalized spacial score (nSPS) is 31.2. The standard InChI is InChI=1S/C14H26N2O2/c1-2-12-11(6-9-18-12)13(17)16-14(10-15)7-4-3-5-8-14/h11-12H,2-10,15H2,1H3,(H,16,17). The van der Waals surface area contributed by atoms with E-state index in [0.29, 0.717) is 13.2 Å². The van der Waals surface area contributed by atoms with E-state index >= 15 is 0 Å². The Kier molecular flexibility index (Phi) is 4.62. The topological polar surface area (TPSA) is 64.3 Å². The van der Waals surface area contributed by atoms with Crippen molar-refractivity contribution in [3.8, 4) is 0 Å². The van der Waals surface area contributed by atoms with Crippen LogP contribution in [0.15, 0.2) is 0 Å². The maximum atomic E-state index is 12.4. The molecule has 0 radical (unpaired) electrons. The number of nitrogens with two attached hydrogens (primary N) is 1. The quantitative estimate of drug-likeness (QED) is 0.800. The Hall–Kier alpha value is -0.610. The molecule has 0 aromatic rings. The molecule has 1 heterocycles. The maximum absolute atomic E-state index is 12.4. The molecule has 1 saturated heterocycles. The molecule has 1 saturated carbocycles. The van der Waals surface area contributed by atoms with Gasteiger partial charge in [0.25, 0.3) is 0 Å². The summed E-state index contributed by atoms with van der Waals surface area (Å²) in [6.45, 7) is 3.35. The van der Waals surface area contributed by atoms with Gasteiger partial charge in [-0.3, -0.25) is 4.79 Å². The zero-order valence-electron chi connectivity index (χ0n) is 11.4. The van der Waals surface area contributed by atoms with Gasteiger partial charge in [0.05, 0.1) is 17.6 Å². The van der Waals surface area contributed by atoms with Crippen molar-refractivity contribution >= 4 is 5.91 Å². The molecule has 3 N–H and O–H groups in total. The number of carbonyl (C=O) groups is 1. The summed E-state index contributed by atoms with van der Waals surface area (Å²) in [5.74, 6) is 0.187. The molecular weight excluding hydrogens is 228 g/mol. The van der Waals surface area contributed by atoms with Crippen molar-refractivity contribution in [3.05, 3.63) is 0 Å². The largest absolute Gasteiger partial charge is 0.377 e. The van der Waals surface area contributed by atoms with Crippen molar-refractivity contribution in [2.24, 2.45) is 11.7 Å². The minimum atomic E-state index is -0.143. The van der Waals surface area contributed by atoms with Crippen LogP contribution in [-0.2, 0) is 9.53 Å². The van der Waals surface area contributed by atoms with Gasteiger partial charge in [-0.25, -0.2) is 0 Å². The van der Waals surface area contributed by atoms with Crippen LogP contribution in [0.1, 0.15) is 51.9 Å². The van der Waals surface area contributed by atoms with Crippen molar-refractivity contribution in [2.75, 3.05) is 13.2 Å². The molecule has 4 heteroatoms. The van der Waals surface area contributed by atoms with Crippen LogP contribution in [0.2, 0.25) is 0 Å². The summed E-state index contributed by atoms with van der Waals surface area (Å²) in [4.78, 5) is 12.4. The summed E-state index contributed by atoms with van der Waals surface area (Å²) in [5.41, 5.74) is 5.76. The zero-order valence-corrected chi connectivity index (χ0v) is 11.4. The second-order valence-corrected chi connectivity index (χ2v) is 5.75. The molecule has 0 spiro atoms. The Morgan fingerprint density at radius 1 is 1.39 bits per heavy atom. The van der Waals surface area contributed by atoms with Gasteiger partial charge < -0.3 is 15.8 Å². The highest BCUT2D eigenvalue weighted by Crippen LogP contribution is 2.29. The van der Waals surface area contributed by atoms with Crippen molar-refractivity contribution in [3.63, 3.8) is 0 Å². The minimum absolute atomic E-state index is 0.0281. The van der Waals surface area contributed by atoms with E-state index < -0.39 is 0 Å². The van der Waals surface area contributed by atoms with Crippen molar-refractivity contribution in [1.82, 2.24) is 5.32 Å². The van der Waals surface area contributed by atoms with E-state index in [-0.39, 0.29) is 23.5 Å². The van der Waals surface area contributed by atoms with Crippen LogP contribution in [0.4, 0.5) is 0 Å². The Balaban J connectivity index is 1.96. The lowest BCUT2D eigenvalue weighted by Gasteiger charge is -2.38. The SMILES string of the molecule is CCC1OCCC1C(=O)NC1(CN)CCCCC1. The fraction of sp³-hybridized carbons (Fsp3) is 0.929. The first-order valence-corrected chi connectivity index (χ1v) is 7.34. The first kappa shape index (κ1) is 13.8. The molecule has 0 bridgehead atoms. The van der Waals surface area contributed by atoms with Crippen LogP contribution in [0.25, 0.3) is 0 Å². The lowest BCUT2D eigenvalue weighted by atomic mass is 9.81. The smallest absolute Gasteiger partial charge is 0.226 e. The van der Waals surface area contributed by atoms with Crippen LogP contribution in [-0.4, -0.2) is 30.7 Å². The predicted octanol–water partition coefficient (Wildman–Crippen LogP) is 1.58. The average Bonchev–Trinajstić information content (AvgIpc) is 2.88. The summed E-state index contributed by atoms with van der Waals surface area (Å²) in [7, 11) is 0. The summed E-state index contributed by atoms with van der Waals surface area (Å²) in [6.07, 6.45) is 7.54. The molecule has 2 atom stereocenters. The lowest BCUT2D eigenvalue weighted by molar-refractivity contribution is -0.129. The fourth-order valence-electron chi connectivity index (χ4n) is 3.31. The number of ether oxygens (including phenoxy) is 1. The molecule has 1 amide bonds. The van der Waals surface area contributed by atoms with Gasteiger partial charge >= 0.3 is 0 Å². The van der Waals surface area contributed by atoms with Crippen LogP contribution in [0.5, 0.6) is 0 Å². The highest BCUT2D eigenvalue weighted by Gasteiger charge is 2.38. The number of nitrogens with one attached hydrogen (secondary N) is 1. The first-order valence-electron chi connectivity index (χ1n) is 7.34. The number of hydrogen-bond acceptors (Lipinski definition) is 3. The summed E-state index contributed by atoms with van der Waals surface area (Å²) < 4.78 is 5.60. The van der Waals surface area contributed by atoms with E-state index in [2.05, 4.69) is 12.2 Å². The van der Waals surface area contributed by atoms with Gasteiger partial charge in [0.2, 0.25) is 5.91 Å². The molecule has 2 fully saturated rings. The van der Waals surface area contributed by atoms with Gasteiger partial charge in [-0.2, -0.15) is 0 Å². The number of carbonyl (C=O) groups excluding carboxylic acids is 1. The molecule has 2 unspecified atom stereocenters. The molecule has 0 aromatic heterocycles. The number of rotatable bonds is 4.